The molecule has 2 amide bonds. The Balaban J connectivity index is 1.35. The summed E-state index contributed by atoms with van der Waals surface area (Å²) in [5.74, 6) is 0.715. The molecule has 7 heteroatoms. The number of hydrogen-bond donors (Lipinski definition) is 2. The molecule has 3 heterocycles. The van der Waals surface area contributed by atoms with Crippen molar-refractivity contribution >= 4 is 6.03 Å². The van der Waals surface area contributed by atoms with Crippen molar-refractivity contribution in [3.63, 3.8) is 0 Å². The number of rotatable bonds is 4. The van der Waals surface area contributed by atoms with E-state index in [2.05, 4.69) is 20.7 Å². The normalized spacial score (nSPS) is 23.5. The molecule has 1 aromatic heterocycles. The van der Waals surface area contributed by atoms with E-state index in [1.807, 2.05) is 9.58 Å². The Kier molecular flexibility index (Phi) is 5.26. The molecule has 2 aliphatic heterocycles. The third-order valence-corrected chi connectivity index (χ3v) is 4.79. The van der Waals surface area contributed by atoms with Crippen molar-refractivity contribution in [2.75, 3.05) is 32.7 Å². The maximum atomic E-state index is 12.2. The van der Waals surface area contributed by atoms with Gasteiger partial charge in [-0.15, -0.1) is 0 Å². The second-order valence-electron chi connectivity index (χ2n) is 6.33. The molecule has 0 radical (unpaired) electrons. The molecule has 2 N–H and O–H groups in total. The minimum atomic E-state index is 0.0841. The molecule has 2 aliphatic rings. The molecular weight excluding hydrogens is 280 g/mol. The predicted molar refractivity (Wildman–Crippen MR) is 83.5 cm³/mol. The summed E-state index contributed by atoms with van der Waals surface area (Å²) in [6, 6.07) is 0.459. The first-order chi connectivity index (χ1) is 10.8. The van der Waals surface area contributed by atoms with Crippen molar-refractivity contribution in [1.29, 1.82) is 0 Å². The van der Waals surface area contributed by atoms with Crippen LogP contribution in [0.5, 0.6) is 0 Å². The Morgan fingerprint density at radius 1 is 1.32 bits per heavy atom. The smallest absolute Gasteiger partial charge is 0.317 e. The molecule has 2 fully saturated rings. The van der Waals surface area contributed by atoms with E-state index in [1.54, 1.807) is 12.7 Å². The average molecular weight is 306 g/mol. The van der Waals surface area contributed by atoms with E-state index < -0.39 is 0 Å². The first-order valence-corrected chi connectivity index (χ1v) is 8.40. The van der Waals surface area contributed by atoms with Crippen LogP contribution >= 0.6 is 0 Å². The second kappa shape index (κ2) is 7.58. The molecule has 1 atom stereocenters. The number of hydrogen-bond acceptors (Lipinski definition) is 4. The molecule has 1 unspecified atom stereocenters. The van der Waals surface area contributed by atoms with Crippen molar-refractivity contribution in [2.45, 2.75) is 38.1 Å². The standard InChI is InChI=1S/C15H26N6O/c22-15(18-7-3-13-2-1-6-16-10-13)20-8-4-14(5-9-20)21-12-17-11-19-21/h11-14,16H,1-10H2,(H,18,22). The molecule has 0 bridgehead atoms. The van der Waals surface area contributed by atoms with Gasteiger partial charge < -0.3 is 15.5 Å². The average Bonchev–Trinajstić information content (AvgIpc) is 3.10. The number of amides is 2. The Bertz CT molecular complexity index is 449. The van der Waals surface area contributed by atoms with Crippen LogP contribution in [0.15, 0.2) is 12.7 Å². The van der Waals surface area contributed by atoms with Crippen LogP contribution in [0, 0.1) is 5.92 Å². The third-order valence-electron chi connectivity index (χ3n) is 4.79. The number of urea groups is 1. The SMILES string of the molecule is O=C(NCCC1CCCNC1)N1CCC(n2cncn2)CC1. The van der Waals surface area contributed by atoms with E-state index in [-0.39, 0.29) is 6.03 Å². The lowest BCUT2D eigenvalue weighted by molar-refractivity contribution is 0.168. The monoisotopic (exact) mass is 306 g/mol. The number of carbonyl (C=O) groups excluding carboxylic acids is 1. The van der Waals surface area contributed by atoms with E-state index in [0.29, 0.717) is 12.0 Å². The van der Waals surface area contributed by atoms with E-state index in [0.717, 1.165) is 52.0 Å². The minimum absolute atomic E-state index is 0.0841. The number of piperidine rings is 2. The van der Waals surface area contributed by atoms with E-state index in [9.17, 15) is 4.79 Å². The third kappa shape index (κ3) is 3.97. The minimum Gasteiger partial charge on any atom is -0.338 e. The topological polar surface area (TPSA) is 75.1 Å². The van der Waals surface area contributed by atoms with Gasteiger partial charge in [0.15, 0.2) is 0 Å². The Morgan fingerprint density at radius 2 is 2.18 bits per heavy atom. The van der Waals surface area contributed by atoms with Gasteiger partial charge in [0.05, 0.1) is 6.04 Å². The summed E-state index contributed by atoms with van der Waals surface area (Å²) in [5.41, 5.74) is 0. The lowest BCUT2D eigenvalue weighted by Crippen LogP contribution is -2.45. The van der Waals surface area contributed by atoms with Crippen LogP contribution in [0.2, 0.25) is 0 Å². The zero-order chi connectivity index (χ0) is 15.2. The second-order valence-corrected chi connectivity index (χ2v) is 6.33. The highest BCUT2D eigenvalue weighted by Crippen LogP contribution is 2.21. The summed E-state index contributed by atoms with van der Waals surface area (Å²) >= 11 is 0. The van der Waals surface area contributed by atoms with Gasteiger partial charge in [0.25, 0.3) is 0 Å². The molecule has 0 aliphatic carbocycles. The molecule has 1 aromatic rings. The first kappa shape index (κ1) is 15.3. The zero-order valence-corrected chi connectivity index (χ0v) is 13.1. The molecule has 22 heavy (non-hydrogen) atoms. The summed E-state index contributed by atoms with van der Waals surface area (Å²) in [6.45, 7) is 4.61. The van der Waals surface area contributed by atoms with E-state index in [1.165, 1.54) is 12.8 Å². The van der Waals surface area contributed by atoms with Gasteiger partial charge in [0.1, 0.15) is 12.7 Å². The lowest BCUT2D eigenvalue weighted by Gasteiger charge is -2.32. The molecule has 122 valence electrons. The number of carbonyl (C=O) groups is 1. The number of aromatic nitrogens is 3. The maximum absolute atomic E-state index is 12.2. The molecule has 2 saturated heterocycles. The van der Waals surface area contributed by atoms with Crippen molar-refractivity contribution in [3.05, 3.63) is 12.7 Å². The van der Waals surface area contributed by atoms with Gasteiger partial charge in [-0.2, -0.15) is 5.10 Å². The van der Waals surface area contributed by atoms with E-state index in [4.69, 9.17) is 0 Å². The Hall–Kier alpha value is -1.63. The van der Waals surface area contributed by atoms with Gasteiger partial charge >= 0.3 is 6.03 Å². The fourth-order valence-electron chi connectivity index (χ4n) is 3.40. The molecule has 0 saturated carbocycles. The fraction of sp³-hybridized carbons (Fsp3) is 0.800. The van der Waals surface area contributed by atoms with Crippen LogP contribution in [0.1, 0.15) is 38.1 Å². The van der Waals surface area contributed by atoms with Gasteiger partial charge in [0.2, 0.25) is 0 Å². The molecule has 3 rings (SSSR count). The first-order valence-electron chi connectivity index (χ1n) is 8.40. The van der Waals surface area contributed by atoms with Gasteiger partial charge in [0, 0.05) is 19.6 Å². The Morgan fingerprint density at radius 3 is 2.86 bits per heavy atom. The summed E-state index contributed by atoms with van der Waals surface area (Å²) < 4.78 is 1.91. The molecule has 0 spiro atoms. The summed E-state index contributed by atoms with van der Waals surface area (Å²) in [4.78, 5) is 18.1. The van der Waals surface area contributed by atoms with Crippen LogP contribution < -0.4 is 10.6 Å². The largest absolute Gasteiger partial charge is 0.338 e. The Labute approximate surface area is 131 Å². The van der Waals surface area contributed by atoms with Gasteiger partial charge in [-0.1, -0.05) is 0 Å². The zero-order valence-electron chi connectivity index (χ0n) is 13.1. The quantitative estimate of drug-likeness (QED) is 0.871. The van der Waals surface area contributed by atoms with Crippen LogP contribution in [0.25, 0.3) is 0 Å². The number of nitrogens with zero attached hydrogens (tertiary/aromatic N) is 4. The highest BCUT2D eigenvalue weighted by atomic mass is 16.2. The highest BCUT2D eigenvalue weighted by Gasteiger charge is 2.24. The van der Waals surface area contributed by atoms with Gasteiger partial charge in [-0.25, -0.2) is 14.5 Å². The summed E-state index contributed by atoms with van der Waals surface area (Å²) in [5, 5.41) is 10.7. The lowest BCUT2D eigenvalue weighted by atomic mass is 9.96. The molecular formula is C15H26N6O. The summed E-state index contributed by atoms with van der Waals surface area (Å²) in [6.07, 6.45) is 8.85. The van der Waals surface area contributed by atoms with Crippen LogP contribution in [0.3, 0.4) is 0 Å². The number of likely N-dealkylation sites (tertiary alicyclic amines) is 1. The molecule has 0 aromatic carbocycles. The predicted octanol–water partition coefficient (Wildman–Crippen LogP) is 1.01. The molecule has 7 nitrogen and oxygen atoms in total. The maximum Gasteiger partial charge on any atom is 0.317 e. The van der Waals surface area contributed by atoms with E-state index >= 15 is 0 Å². The van der Waals surface area contributed by atoms with Gasteiger partial charge in [-0.05, 0) is 51.1 Å². The highest BCUT2D eigenvalue weighted by molar-refractivity contribution is 5.74. The van der Waals surface area contributed by atoms with Gasteiger partial charge in [-0.3, -0.25) is 0 Å². The fourth-order valence-corrected chi connectivity index (χ4v) is 3.40. The van der Waals surface area contributed by atoms with Crippen LogP contribution in [0.4, 0.5) is 4.79 Å². The van der Waals surface area contributed by atoms with Crippen molar-refractivity contribution < 1.29 is 4.79 Å². The van der Waals surface area contributed by atoms with Crippen molar-refractivity contribution in [1.82, 2.24) is 30.3 Å². The van der Waals surface area contributed by atoms with Crippen molar-refractivity contribution in [3.8, 4) is 0 Å². The number of nitrogens with one attached hydrogen (secondary N) is 2. The van der Waals surface area contributed by atoms with Crippen LogP contribution in [-0.2, 0) is 0 Å². The van der Waals surface area contributed by atoms with Crippen LogP contribution in [-0.4, -0.2) is 58.4 Å². The van der Waals surface area contributed by atoms with Crippen molar-refractivity contribution in [2.24, 2.45) is 5.92 Å². The summed E-state index contributed by atoms with van der Waals surface area (Å²) in [7, 11) is 0.